The number of aryl methyl sites for hydroxylation is 1. The fourth-order valence-corrected chi connectivity index (χ4v) is 2.33. The molecule has 1 rings (SSSR count). The normalized spacial score (nSPS) is 10.6. The molecule has 0 saturated heterocycles. The summed E-state index contributed by atoms with van der Waals surface area (Å²) in [5, 5.41) is 8.95. The third kappa shape index (κ3) is 4.84. The van der Waals surface area contributed by atoms with Crippen LogP contribution < -0.4 is 4.74 Å². The van der Waals surface area contributed by atoms with E-state index in [2.05, 4.69) is 15.9 Å². The van der Waals surface area contributed by atoms with E-state index in [0.29, 0.717) is 12.3 Å². The van der Waals surface area contributed by atoms with E-state index in [9.17, 15) is 4.79 Å². The molecule has 0 atom stereocenters. The van der Waals surface area contributed by atoms with Crippen molar-refractivity contribution in [1.82, 2.24) is 4.90 Å². The first-order valence-corrected chi connectivity index (χ1v) is 7.04. The predicted octanol–water partition coefficient (Wildman–Crippen LogP) is 2.37. The van der Waals surface area contributed by atoms with Crippen LogP contribution in [0, 0.1) is 6.92 Å². The fourth-order valence-electron chi connectivity index (χ4n) is 1.72. The molecule has 0 heterocycles. The number of carbonyl (C=O) groups is 1. The monoisotopic (exact) mass is 329 g/mol. The number of rotatable bonds is 6. The minimum atomic E-state index is -0.128. The van der Waals surface area contributed by atoms with E-state index < -0.39 is 0 Å². The molecule has 0 aromatic heterocycles. The smallest absolute Gasteiger partial charge is 0.260 e. The zero-order valence-corrected chi connectivity index (χ0v) is 13.1. The van der Waals surface area contributed by atoms with Crippen LogP contribution in [0.4, 0.5) is 0 Å². The van der Waals surface area contributed by atoms with Gasteiger partial charge in [0.2, 0.25) is 0 Å². The molecule has 106 valence electrons. The van der Waals surface area contributed by atoms with Gasteiger partial charge in [0.15, 0.2) is 6.61 Å². The highest BCUT2D eigenvalue weighted by Crippen LogP contribution is 2.25. The van der Waals surface area contributed by atoms with Crippen LogP contribution in [0.3, 0.4) is 0 Å². The SMILES string of the molecule is Cc1ccc(OCC(=O)N(CCO)C(C)C)c(Br)c1. The summed E-state index contributed by atoms with van der Waals surface area (Å²) in [5.41, 5.74) is 1.12. The van der Waals surface area contributed by atoms with Crippen LogP contribution in [0.1, 0.15) is 19.4 Å². The molecule has 0 aliphatic carbocycles. The van der Waals surface area contributed by atoms with Crippen LogP contribution in [0.25, 0.3) is 0 Å². The molecule has 1 aromatic rings. The summed E-state index contributed by atoms with van der Waals surface area (Å²) < 4.78 is 6.34. The Morgan fingerprint density at radius 3 is 2.68 bits per heavy atom. The average Bonchev–Trinajstić information content (AvgIpc) is 2.34. The molecule has 0 radical (unpaired) electrons. The van der Waals surface area contributed by atoms with Crippen LogP contribution in [-0.4, -0.2) is 41.7 Å². The summed E-state index contributed by atoms with van der Waals surface area (Å²) in [4.78, 5) is 13.6. The van der Waals surface area contributed by atoms with Gasteiger partial charge in [0.1, 0.15) is 5.75 Å². The van der Waals surface area contributed by atoms with E-state index in [4.69, 9.17) is 9.84 Å². The van der Waals surface area contributed by atoms with Gasteiger partial charge in [-0.25, -0.2) is 0 Å². The molecular weight excluding hydrogens is 310 g/mol. The zero-order chi connectivity index (χ0) is 14.4. The van der Waals surface area contributed by atoms with Crippen molar-refractivity contribution < 1.29 is 14.6 Å². The van der Waals surface area contributed by atoms with Crippen molar-refractivity contribution in [2.45, 2.75) is 26.8 Å². The lowest BCUT2D eigenvalue weighted by atomic mass is 10.2. The van der Waals surface area contributed by atoms with E-state index in [1.54, 1.807) is 4.90 Å². The van der Waals surface area contributed by atoms with Crippen molar-refractivity contribution >= 4 is 21.8 Å². The molecule has 5 heteroatoms. The Bertz CT molecular complexity index is 435. The predicted molar refractivity (Wildman–Crippen MR) is 78.3 cm³/mol. The topological polar surface area (TPSA) is 49.8 Å². The van der Waals surface area contributed by atoms with Gasteiger partial charge in [-0.2, -0.15) is 0 Å². The van der Waals surface area contributed by atoms with Gasteiger partial charge >= 0.3 is 0 Å². The lowest BCUT2D eigenvalue weighted by Gasteiger charge is -2.25. The van der Waals surface area contributed by atoms with E-state index in [1.807, 2.05) is 39.0 Å². The van der Waals surface area contributed by atoms with Crippen LogP contribution in [-0.2, 0) is 4.79 Å². The van der Waals surface area contributed by atoms with E-state index in [-0.39, 0.29) is 25.2 Å². The molecule has 1 amide bonds. The summed E-state index contributed by atoms with van der Waals surface area (Å²) in [5.74, 6) is 0.517. The van der Waals surface area contributed by atoms with Crippen molar-refractivity contribution in [1.29, 1.82) is 0 Å². The number of halogens is 1. The number of carbonyl (C=O) groups excluding carboxylic acids is 1. The Labute approximate surface area is 122 Å². The largest absolute Gasteiger partial charge is 0.483 e. The maximum absolute atomic E-state index is 12.0. The van der Waals surface area contributed by atoms with Crippen molar-refractivity contribution in [3.63, 3.8) is 0 Å². The Hall–Kier alpha value is -1.07. The lowest BCUT2D eigenvalue weighted by molar-refractivity contribution is -0.135. The standard InChI is InChI=1S/C14H20BrNO3/c1-10(2)16(6-7-17)14(18)9-19-13-5-4-11(3)8-12(13)15/h4-5,8,10,17H,6-7,9H2,1-3H3. The zero-order valence-electron chi connectivity index (χ0n) is 11.5. The minimum Gasteiger partial charge on any atom is -0.483 e. The molecule has 4 nitrogen and oxygen atoms in total. The number of ether oxygens (including phenoxy) is 1. The molecule has 1 aromatic carbocycles. The summed E-state index contributed by atoms with van der Waals surface area (Å²) in [7, 11) is 0. The Balaban J connectivity index is 2.62. The molecule has 0 aliphatic heterocycles. The van der Waals surface area contributed by atoms with Crippen LogP contribution in [0.5, 0.6) is 5.75 Å². The van der Waals surface area contributed by atoms with Gasteiger partial charge in [0.25, 0.3) is 5.91 Å². The number of hydrogen-bond donors (Lipinski definition) is 1. The van der Waals surface area contributed by atoms with Gasteiger partial charge in [-0.1, -0.05) is 6.07 Å². The van der Waals surface area contributed by atoms with Crippen molar-refractivity contribution in [2.75, 3.05) is 19.8 Å². The van der Waals surface area contributed by atoms with Gasteiger partial charge in [-0.3, -0.25) is 4.79 Å². The molecule has 0 spiro atoms. The molecule has 0 aliphatic rings. The van der Waals surface area contributed by atoms with Gasteiger partial charge in [-0.05, 0) is 54.4 Å². The van der Waals surface area contributed by atoms with Crippen LogP contribution in [0.15, 0.2) is 22.7 Å². The van der Waals surface area contributed by atoms with E-state index in [1.165, 1.54) is 0 Å². The van der Waals surface area contributed by atoms with E-state index in [0.717, 1.165) is 10.0 Å². The Morgan fingerprint density at radius 1 is 1.47 bits per heavy atom. The van der Waals surface area contributed by atoms with Gasteiger partial charge < -0.3 is 14.7 Å². The molecular formula is C14H20BrNO3. The summed E-state index contributed by atoms with van der Waals surface area (Å²) in [6.45, 7) is 6.07. The maximum atomic E-state index is 12.0. The number of benzene rings is 1. The van der Waals surface area contributed by atoms with Gasteiger partial charge in [-0.15, -0.1) is 0 Å². The number of amides is 1. The summed E-state index contributed by atoms with van der Waals surface area (Å²) >= 11 is 3.40. The highest BCUT2D eigenvalue weighted by atomic mass is 79.9. The van der Waals surface area contributed by atoms with Crippen molar-refractivity contribution in [3.8, 4) is 5.75 Å². The van der Waals surface area contributed by atoms with Crippen LogP contribution >= 0.6 is 15.9 Å². The molecule has 0 unspecified atom stereocenters. The Kier molecular flexibility index (Phi) is 6.31. The first-order valence-electron chi connectivity index (χ1n) is 6.25. The van der Waals surface area contributed by atoms with E-state index >= 15 is 0 Å². The quantitative estimate of drug-likeness (QED) is 0.871. The summed E-state index contributed by atoms with van der Waals surface area (Å²) in [6.07, 6.45) is 0. The van der Waals surface area contributed by atoms with Crippen LogP contribution in [0.2, 0.25) is 0 Å². The first-order chi connectivity index (χ1) is 8.95. The third-order valence-electron chi connectivity index (χ3n) is 2.72. The maximum Gasteiger partial charge on any atom is 0.260 e. The Morgan fingerprint density at radius 2 is 2.16 bits per heavy atom. The molecule has 0 bridgehead atoms. The minimum absolute atomic E-state index is 0.0279. The second-order valence-corrected chi connectivity index (χ2v) is 5.48. The van der Waals surface area contributed by atoms with Crippen molar-refractivity contribution in [3.05, 3.63) is 28.2 Å². The molecule has 0 fully saturated rings. The number of nitrogens with zero attached hydrogens (tertiary/aromatic N) is 1. The number of aliphatic hydroxyl groups excluding tert-OH is 1. The average molecular weight is 330 g/mol. The van der Waals surface area contributed by atoms with Gasteiger partial charge in [0, 0.05) is 12.6 Å². The second-order valence-electron chi connectivity index (χ2n) is 4.63. The molecule has 1 N–H and O–H groups in total. The first kappa shape index (κ1) is 16.0. The van der Waals surface area contributed by atoms with Crippen molar-refractivity contribution in [2.24, 2.45) is 0 Å². The molecule has 0 saturated carbocycles. The highest BCUT2D eigenvalue weighted by Gasteiger charge is 2.17. The number of hydrogen-bond acceptors (Lipinski definition) is 3. The third-order valence-corrected chi connectivity index (χ3v) is 3.34. The molecule has 19 heavy (non-hydrogen) atoms. The second kappa shape index (κ2) is 7.50. The fraction of sp³-hybridized carbons (Fsp3) is 0.500. The highest BCUT2D eigenvalue weighted by molar-refractivity contribution is 9.10. The van der Waals surface area contributed by atoms with Gasteiger partial charge in [0.05, 0.1) is 11.1 Å². The lowest BCUT2D eigenvalue weighted by Crippen LogP contribution is -2.41. The summed E-state index contributed by atoms with van der Waals surface area (Å²) in [6, 6.07) is 5.75. The number of aliphatic hydroxyl groups is 1.